The number of rotatable bonds is 6. The number of hydrogen-bond donors (Lipinski definition) is 2. The molecule has 0 radical (unpaired) electrons. The van der Waals surface area contributed by atoms with Gasteiger partial charge in [-0.15, -0.1) is 0 Å². The van der Waals surface area contributed by atoms with E-state index in [1.807, 2.05) is 0 Å². The van der Waals surface area contributed by atoms with E-state index in [4.69, 9.17) is 5.11 Å². The van der Waals surface area contributed by atoms with Crippen LogP contribution in [0.4, 0.5) is 4.39 Å². The Balaban J connectivity index is 2.74. The lowest BCUT2D eigenvalue weighted by molar-refractivity contribution is -0.132. The molecule has 0 aliphatic heterocycles. The van der Waals surface area contributed by atoms with Crippen LogP contribution in [0.5, 0.6) is 0 Å². The van der Waals surface area contributed by atoms with E-state index in [1.54, 1.807) is 6.07 Å². The van der Waals surface area contributed by atoms with Crippen LogP contribution >= 0.6 is 0 Å². The molecule has 1 aromatic carbocycles. The second-order valence-electron chi connectivity index (χ2n) is 3.77. The summed E-state index contributed by atoms with van der Waals surface area (Å²) in [6.07, 6.45) is 2.63. The van der Waals surface area contributed by atoms with E-state index in [0.717, 1.165) is 6.08 Å². The van der Waals surface area contributed by atoms with Crippen molar-refractivity contribution in [2.24, 2.45) is 0 Å². The molecule has 0 aliphatic carbocycles. The van der Waals surface area contributed by atoms with Crippen molar-refractivity contribution in [1.29, 1.82) is 0 Å². The SMILES string of the molecule is C=CC(=O)NCC/C(=C\c1cccc(F)c1)C(=O)O. The average Bonchev–Trinajstić information content (AvgIpc) is 2.37. The van der Waals surface area contributed by atoms with Crippen molar-refractivity contribution in [2.45, 2.75) is 6.42 Å². The molecule has 0 saturated heterocycles. The smallest absolute Gasteiger partial charge is 0.331 e. The summed E-state index contributed by atoms with van der Waals surface area (Å²) in [5, 5.41) is 11.5. The molecule has 1 rings (SSSR count). The number of hydrogen-bond acceptors (Lipinski definition) is 2. The lowest BCUT2D eigenvalue weighted by atomic mass is 10.1. The van der Waals surface area contributed by atoms with E-state index in [0.29, 0.717) is 5.56 Å². The topological polar surface area (TPSA) is 66.4 Å². The highest BCUT2D eigenvalue weighted by molar-refractivity contribution is 5.92. The standard InChI is InChI=1S/C14H14FNO3/c1-2-13(17)16-7-6-11(14(18)19)8-10-4-3-5-12(15)9-10/h2-5,8-9H,1,6-7H2,(H,16,17)(H,18,19)/b11-8+. The van der Waals surface area contributed by atoms with Crippen LogP contribution < -0.4 is 5.32 Å². The third kappa shape index (κ3) is 5.16. The first-order chi connectivity index (χ1) is 9.02. The van der Waals surface area contributed by atoms with Crippen LogP contribution in [0, 0.1) is 5.82 Å². The van der Waals surface area contributed by atoms with Gasteiger partial charge in [-0.1, -0.05) is 18.7 Å². The second-order valence-corrected chi connectivity index (χ2v) is 3.77. The zero-order valence-corrected chi connectivity index (χ0v) is 10.2. The first-order valence-corrected chi connectivity index (χ1v) is 5.62. The minimum absolute atomic E-state index is 0.0926. The summed E-state index contributed by atoms with van der Waals surface area (Å²) in [6.45, 7) is 3.47. The van der Waals surface area contributed by atoms with Gasteiger partial charge >= 0.3 is 5.97 Å². The fraction of sp³-hybridized carbons (Fsp3) is 0.143. The Hall–Kier alpha value is -2.43. The van der Waals surface area contributed by atoms with Crippen LogP contribution in [0.15, 0.2) is 42.5 Å². The van der Waals surface area contributed by atoms with E-state index in [9.17, 15) is 14.0 Å². The van der Waals surface area contributed by atoms with Gasteiger partial charge in [0.05, 0.1) is 0 Å². The van der Waals surface area contributed by atoms with E-state index in [2.05, 4.69) is 11.9 Å². The van der Waals surface area contributed by atoms with Crippen LogP contribution in [0.1, 0.15) is 12.0 Å². The number of aliphatic carboxylic acids is 1. The summed E-state index contributed by atoms with van der Waals surface area (Å²) in [5.74, 6) is -1.90. The molecule has 19 heavy (non-hydrogen) atoms. The van der Waals surface area contributed by atoms with E-state index < -0.39 is 11.8 Å². The summed E-state index contributed by atoms with van der Waals surface area (Å²) in [4.78, 5) is 22.0. The Morgan fingerprint density at radius 2 is 2.16 bits per heavy atom. The van der Waals surface area contributed by atoms with Gasteiger partial charge in [0.2, 0.25) is 5.91 Å². The second kappa shape index (κ2) is 7.10. The van der Waals surface area contributed by atoms with Gasteiger partial charge in [-0.3, -0.25) is 4.79 Å². The van der Waals surface area contributed by atoms with E-state index >= 15 is 0 Å². The number of benzene rings is 1. The zero-order valence-electron chi connectivity index (χ0n) is 10.2. The molecule has 4 nitrogen and oxygen atoms in total. The van der Waals surface area contributed by atoms with E-state index in [1.165, 1.54) is 24.3 Å². The number of halogens is 1. The third-order valence-electron chi connectivity index (χ3n) is 2.34. The van der Waals surface area contributed by atoms with Crippen molar-refractivity contribution in [3.05, 3.63) is 53.9 Å². The fourth-order valence-electron chi connectivity index (χ4n) is 1.43. The molecule has 5 heteroatoms. The predicted molar refractivity (Wildman–Crippen MR) is 69.8 cm³/mol. The lowest BCUT2D eigenvalue weighted by Gasteiger charge is -2.04. The lowest BCUT2D eigenvalue weighted by Crippen LogP contribution is -2.23. The summed E-state index contributed by atoms with van der Waals surface area (Å²) in [5.41, 5.74) is 0.558. The Morgan fingerprint density at radius 3 is 2.74 bits per heavy atom. The molecule has 100 valence electrons. The highest BCUT2D eigenvalue weighted by atomic mass is 19.1. The van der Waals surface area contributed by atoms with Crippen LogP contribution in [0.25, 0.3) is 6.08 Å². The Bertz CT molecular complexity index is 523. The first kappa shape index (κ1) is 14.6. The largest absolute Gasteiger partial charge is 0.478 e. The maximum Gasteiger partial charge on any atom is 0.331 e. The normalized spacial score (nSPS) is 10.9. The molecule has 2 N–H and O–H groups in total. The van der Waals surface area contributed by atoms with Gasteiger partial charge in [0.25, 0.3) is 0 Å². The molecular formula is C14H14FNO3. The van der Waals surface area contributed by atoms with Gasteiger partial charge in [-0.2, -0.15) is 0 Å². The van der Waals surface area contributed by atoms with Crippen LogP contribution in [-0.4, -0.2) is 23.5 Å². The van der Waals surface area contributed by atoms with Gasteiger partial charge in [-0.05, 0) is 36.3 Å². The first-order valence-electron chi connectivity index (χ1n) is 5.62. The maximum atomic E-state index is 13.0. The molecule has 0 fully saturated rings. The van der Waals surface area contributed by atoms with Gasteiger partial charge in [0.15, 0.2) is 0 Å². The molecule has 0 aromatic heterocycles. The number of carboxylic acids is 1. The number of carboxylic acid groups (broad SMARTS) is 1. The molecule has 0 heterocycles. The number of nitrogens with one attached hydrogen (secondary N) is 1. The molecule has 1 amide bonds. The minimum atomic E-state index is -1.10. The van der Waals surface area contributed by atoms with Gasteiger partial charge in [0.1, 0.15) is 5.82 Å². The molecule has 0 bridgehead atoms. The van der Waals surface area contributed by atoms with Crippen molar-refractivity contribution in [3.63, 3.8) is 0 Å². The maximum absolute atomic E-state index is 13.0. The average molecular weight is 263 g/mol. The zero-order chi connectivity index (χ0) is 14.3. The number of carbonyl (C=O) groups excluding carboxylic acids is 1. The molecular weight excluding hydrogens is 249 g/mol. The van der Waals surface area contributed by atoms with Crippen molar-refractivity contribution < 1.29 is 19.1 Å². The van der Waals surface area contributed by atoms with Gasteiger partial charge in [-0.25, -0.2) is 9.18 Å². The van der Waals surface area contributed by atoms with Crippen molar-refractivity contribution in [3.8, 4) is 0 Å². The molecule has 0 aliphatic rings. The molecule has 0 unspecified atom stereocenters. The van der Waals surface area contributed by atoms with Gasteiger partial charge < -0.3 is 10.4 Å². The van der Waals surface area contributed by atoms with Crippen LogP contribution in [-0.2, 0) is 9.59 Å². The minimum Gasteiger partial charge on any atom is -0.478 e. The molecule has 0 spiro atoms. The van der Waals surface area contributed by atoms with Gasteiger partial charge in [0, 0.05) is 12.1 Å². The van der Waals surface area contributed by atoms with Crippen LogP contribution in [0.3, 0.4) is 0 Å². The quantitative estimate of drug-likeness (QED) is 0.771. The predicted octanol–water partition coefficient (Wildman–Crippen LogP) is 1.99. The Morgan fingerprint density at radius 1 is 1.42 bits per heavy atom. The molecule has 0 atom stereocenters. The summed E-state index contributed by atoms with van der Waals surface area (Å²) in [6, 6.07) is 5.63. The Labute approximate surface area is 110 Å². The third-order valence-corrected chi connectivity index (χ3v) is 2.34. The van der Waals surface area contributed by atoms with Crippen molar-refractivity contribution in [1.82, 2.24) is 5.32 Å². The Kier molecular flexibility index (Phi) is 5.47. The van der Waals surface area contributed by atoms with Crippen LogP contribution in [0.2, 0.25) is 0 Å². The summed E-state index contributed by atoms with van der Waals surface area (Å²) in [7, 11) is 0. The monoisotopic (exact) mass is 263 g/mol. The highest BCUT2D eigenvalue weighted by Gasteiger charge is 2.08. The molecule has 0 saturated carbocycles. The summed E-state index contributed by atoms with van der Waals surface area (Å²) < 4.78 is 13.0. The fourth-order valence-corrected chi connectivity index (χ4v) is 1.43. The van der Waals surface area contributed by atoms with Crippen molar-refractivity contribution >= 4 is 18.0 Å². The summed E-state index contributed by atoms with van der Waals surface area (Å²) >= 11 is 0. The van der Waals surface area contributed by atoms with Crippen molar-refractivity contribution in [2.75, 3.05) is 6.54 Å². The number of carbonyl (C=O) groups is 2. The number of amides is 1. The highest BCUT2D eigenvalue weighted by Crippen LogP contribution is 2.11. The molecule has 1 aromatic rings. The van der Waals surface area contributed by atoms with E-state index in [-0.39, 0.29) is 24.4 Å².